The normalized spacial score (nSPS) is 11.1. The SMILES string of the molecule is NS(=O)(=O)c1cc(NC(=O)Cc2ccccc2)ccc1Oc1ccc(F)cc1F. The van der Waals surface area contributed by atoms with Crippen molar-refractivity contribution in [1.29, 1.82) is 0 Å². The van der Waals surface area contributed by atoms with Gasteiger partial charge in [-0.3, -0.25) is 4.79 Å². The van der Waals surface area contributed by atoms with E-state index in [0.717, 1.165) is 23.8 Å². The number of primary sulfonamides is 1. The number of ether oxygens (including phenoxy) is 1. The predicted octanol–water partition coefficient (Wildman–Crippen LogP) is 3.59. The minimum atomic E-state index is -4.26. The lowest BCUT2D eigenvalue weighted by Gasteiger charge is -2.13. The van der Waals surface area contributed by atoms with Gasteiger partial charge in [-0.2, -0.15) is 0 Å². The molecule has 0 saturated heterocycles. The van der Waals surface area contributed by atoms with Crippen LogP contribution in [0.25, 0.3) is 0 Å². The molecule has 0 atom stereocenters. The highest BCUT2D eigenvalue weighted by molar-refractivity contribution is 7.89. The summed E-state index contributed by atoms with van der Waals surface area (Å²) in [5, 5.41) is 7.80. The van der Waals surface area contributed by atoms with Crippen LogP contribution in [0.1, 0.15) is 5.56 Å². The fraction of sp³-hybridized carbons (Fsp3) is 0.0500. The number of amides is 1. The van der Waals surface area contributed by atoms with Gasteiger partial charge in [0.25, 0.3) is 0 Å². The molecule has 6 nitrogen and oxygen atoms in total. The summed E-state index contributed by atoms with van der Waals surface area (Å²) in [6.45, 7) is 0. The van der Waals surface area contributed by atoms with E-state index in [9.17, 15) is 22.0 Å². The zero-order valence-electron chi connectivity index (χ0n) is 14.9. The van der Waals surface area contributed by atoms with E-state index >= 15 is 0 Å². The summed E-state index contributed by atoms with van der Waals surface area (Å²) in [5.41, 5.74) is 0.949. The van der Waals surface area contributed by atoms with Crippen LogP contribution >= 0.6 is 0 Å². The van der Waals surface area contributed by atoms with Crippen molar-refractivity contribution in [3.8, 4) is 11.5 Å². The molecule has 3 rings (SSSR count). The highest BCUT2D eigenvalue weighted by Crippen LogP contribution is 2.32. The van der Waals surface area contributed by atoms with Crippen LogP contribution in [-0.2, 0) is 21.2 Å². The number of rotatable bonds is 6. The molecule has 0 spiro atoms. The van der Waals surface area contributed by atoms with Crippen LogP contribution < -0.4 is 15.2 Å². The van der Waals surface area contributed by atoms with Crippen molar-refractivity contribution >= 4 is 21.6 Å². The molecule has 3 aromatic carbocycles. The highest BCUT2D eigenvalue weighted by atomic mass is 32.2. The summed E-state index contributed by atoms with van der Waals surface area (Å²) in [4.78, 5) is 11.7. The van der Waals surface area contributed by atoms with E-state index in [4.69, 9.17) is 9.88 Å². The third kappa shape index (κ3) is 5.37. The molecule has 3 aromatic rings. The fourth-order valence-corrected chi connectivity index (χ4v) is 3.24. The van der Waals surface area contributed by atoms with Gasteiger partial charge >= 0.3 is 0 Å². The number of hydrogen-bond donors (Lipinski definition) is 2. The van der Waals surface area contributed by atoms with E-state index in [1.54, 1.807) is 24.3 Å². The number of anilines is 1. The standard InChI is InChI=1S/C20H16F2N2O4S/c21-14-6-8-17(16(22)11-14)28-18-9-7-15(12-19(18)29(23,26)27)24-20(25)10-13-4-2-1-3-5-13/h1-9,11-12H,10H2,(H,24,25)(H2,23,26,27). The Labute approximate surface area is 166 Å². The molecule has 0 fully saturated rings. The maximum absolute atomic E-state index is 13.8. The summed E-state index contributed by atoms with van der Waals surface area (Å²) < 4.78 is 56.0. The maximum atomic E-state index is 13.8. The quantitative estimate of drug-likeness (QED) is 0.639. The molecular formula is C20H16F2N2O4S. The summed E-state index contributed by atoms with van der Waals surface area (Å²) in [6.07, 6.45) is 0.0879. The van der Waals surface area contributed by atoms with E-state index in [1.807, 2.05) is 6.07 Å². The molecule has 0 aliphatic rings. The number of hydrogen-bond acceptors (Lipinski definition) is 4. The zero-order valence-corrected chi connectivity index (χ0v) is 15.7. The Morgan fingerprint density at radius 2 is 1.66 bits per heavy atom. The predicted molar refractivity (Wildman–Crippen MR) is 103 cm³/mol. The third-order valence-corrected chi connectivity index (χ3v) is 4.79. The van der Waals surface area contributed by atoms with Crippen molar-refractivity contribution in [3.63, 3.8) is 0 Å². The summed E-state index contributed by atoms with van der Waals surface area (Å²) in [5.74, 6) is -2.82. The van der Waals surface area contributed by atoms with Gasteiger partial charge in [-0.1, -0.05) is 30.3 Å². The van der Waals surface area contributed by atoms with E-state index in [0.29, 0.717) is 6.07 Å². The molecule has 0 bridgehead atoms. The summed E-state index contributed by atoms with van der Waals surface area (Å²) >= 11 is 0. The Morgan fingerprint density at radius 3 is 2.31 bits per heavy atom. The topological polar surface area (TPSA) is 98.5 Å². The lowest BCUT2D eigenvalue weighted by atomic mass is 10.1. The van der Waals surface area contributed by atoms with Gasteiger partial charge in [0.2, 0.25) is 15.9 Å². The Balaban J connectivity index is 1.85. The smallest absolute Gasteiger partial charge is 0.241 e. The van der Waals surface area contributed by atoms with Crippen molar-refractivity contribution < 1.29 is 26.7 Å². The first-order valence-electron chi connectivity index (χ1n) is 8.36. The Bertz CT molecular complexity index is 1150. The zero-order chi connectivity index (χ0) is 21.0. The fourth-order valence-electron chi connectivity index (χ4n) is 2.56. The number of halogens is 2. The van der Waals surface area contributed by atoms with E-state index in [2.05, 4.69) is 5.32 Å². The van der Waals surface area contributed by atoms with Gasteiger partial charge in [0.1, 0.15) is 16.5 Å². The Morgan fingerprint density at radius 1 is 0.966 bits per heavy atom. The maximum Gasteiger partial charge on any atom is 0.241 e. The first-order chi connectivity index (χ1) is 13.7. The molecule has 29 heavy (non-hydrogen) atoms. The molecule has 0 aliphatic carbocycles. The number of carbonyl (C=O) groups is 1. The lowest BCUT2D eigenvalue weighted by Crippen LogP contribution is -2.17. The van der Waals surface area contributed by atoms with Crippen molar-refractivity contribution in [2.45, 2.75) is 11.3 Å². The van der Waals surface area contributed by atoms with Crippen LogP contribution in [0.2, 0.25) is 0 Å². The van der Waals surface area contributed by atoms with Crippen LogP contribution in [0.4, 0.5) is 14.5 Å². The molecule has 9 heteroatoms. The molecular weight excluding hydrogens is 402 g/mol. The molecule has 3 N–H and O–H groups in total. The van der Waals surface area contributed by atoms with E-state index in [1.165, 1.54) is 12.1 Å². The second-order valence-electron chi connectivity index (χ2n) is 6.09. The second-order valence-corrected chi connectivity index (χ2v) is 7.62. The van der Waals surface area contributed by atoms with Crippen LogP contribution in [0.5, 0.6) is 11.5 Å². The number of nitrogens with one attached hydrogen (secondary N) is 1. The van der Waals surface area contributed by atoms with Gasteiger partial charge in [-0.05, 0) is 35.9 Å². The van der Waals surface area contributed by atoms with Crippen LogP contribution in [0.3, 0.4) is 0 Å². The average Bonchev–Trinajstić information content (AvgIpc) is 2.65. The molecule has 0 saturated carbocycles. The highest BCUT2D eigenvalue weighted by Gasteiger charge is 2.19. The molecule has 1 amide bonds. The second kappa shape index (κ2) is 8.38. The molecule has 0 heterocycles. The van der Waals surface area contributed by atoms with Crippen LogP contribution in [0.15, 0.2) is 71.6 Å². The monoisotopic (exact) mass is 418 g/mol. The molecule has 0 unspecified atom stereocenters. The van der Waals surface area contributed by atoms with Gasteiger partial charge in [0.15, 0.2) is 11.6 Å². The minimum absolute atomic E-state index is 0.0879. The summed E-state index contributed by atoms with van der Waals surface area (Å²) in [7, 11) is -4.26. The Hall–Kier alpha value is -3.30. The molecule has 0 aromatic heterocycles. The first kappa shape index (κ1) is 20.4. The number of carbonyl (C=O) groups excluding carboxylic acids is 1. The van der Waals surface area contributed by atoms with Crippen molar-refractivity contribution in [3.05, 3.63) is 83.9 Å². The molecule has 0 aliphatic heterocycles. The average molecular weight is 418 g/mol. The van der Waals surface area contributed by atoms with Gasteiger partial charge < -0.3 is 10.1 Å². The van der Waals surface area contributed by atoms with Gasteiger partial charge in [0.05, 0.1) is 6.42 Å². The van der Waals surface area contributed by atoms with Gasteiger partial charge in [-0.25, -0.2) is 22.3 Å². The number of sulfonamides is 1. The lowest BCUT2D eigenvalue weighted by molar-refractivity contribution is -0.115. The number of nitrogens with two attached hydrogens (primary N) is 1. The third-order valence-electron chi connectivity index (χ3n) is 3.86. The van der Waals surface area contributed by atoms with Gasteiger partial charge in [-0.15, -0.1) is 0 Å². The van der Waals surface area contributed by atoms with Crippen LogP contribution in [0, 0.1) is 11.6 Å². The van der Waals surface area contributed by atoms with Crippen molar-refractivity contribution in [2.75, 3.05) is 5.32 Å². The first-order valence-corrected chi connectivity index (χ1v) is 9.90. The van der Waals surface area contributed by atoms with Gasteiger partial charge in [0, 0.05) is 11.8 Å². The van der Waals surface area contributed by atoms with Crippen molar-refractivity contribution in [1.82, 2.24) is 0 Å². The Kier molecular flexibility index (Phi) is 5.90. The largest absolute Gasteiger partial charge is 0.453 e. The molecule has 0 radical (unpaired) electrons. The van der Waals surface area contributed by atoms with E-state index < -0.39 is 26.6 Å². The van der Waals surface area contributed by atoms with Crippen LogP contribution in [-0.4, -0.2) is 14.3 Å². The van der Waals surface area contributed by atoms with Crippen molar-refractivity contribution in [2.24, 2.45) is 5.14 Å². The summed E-state index contributed by atoms with van der Waals surface area (Å²) in [6, 6.07) is 15.3. The minimum Gasteiger partial charge on any atom is -0.453 e. The van der Waals surface area contributed by atoms with E-state index in [-0.39, 0.29) is 29.5 Å². The number of benzene rings is 3. The molecule has 150 valence electrons.